The highest BCUT2D eigenvalue weighted by atomic mass is 19.4. The van der Waals surface area contributed by atoms with Crippen LogP contribution in [0, 0.1) is 0 Å². The average molecular weight is 346 g/mol. The fraction of sp³-hybridized carbons (Fsp3) is 0.562. The van der Waals surface area contributed by atoms with E-state index in [1.807, 2.05) is 6.92 Å². The molecule has 1 aromatic carbocycles. The van der Waals surface area contributed by atoms with E-state index in [4.69, 9.17) is 9.47 Å². The minimum atomic E-state index is -4.47. The molecular formula is C16H21F3N2O3. The van der Waals surface area contributed by atoms with Gasteiger partial charge >= 0.3 is 6.18 Å². The fourth-order valence-electron chi connectivity index (χ4n) is 2.26. The lowest BCUT2D eigenvalue weighted by atomic mass is 10.1. The topological polar surface area (TPSA) is 59.6 Å². The predicted octanol–water partition coefficient (Wildman–Crippen LogP) is 3.27. The molecule has 8 heteroatoms. The molecule has 0 aromatic heterocycles. The smallest absolute Gasteiger partial charge is 0.383 e. The summed E-state index contributed by atoms with van der Waals surface area (Å²) in [5, 5.41) is 5.49. The van der Waals surface area contributed by atoms with Crippen molar-refractivity contribution in [2.45, 2.75) is 32.0 Å². The Labute approximate surface area is 138 Å². The van der Waals surface area contributed by atoms with Crippen LogP contribution in [0.2, 0.25) is 0 Å². The molecule has 1 aliphatic rings. The maximum absolute atomic E-state index is 12.9. The SMILES string of the molecule is CCCNc1ccc(C(F)(F)F)cc1NC(=O)CO[C@H]1CCOC1. The molecule has 24 heavy (non-hydrogen) atoms. The third kappa shape index (κ3) is 5.38. The van der Waals surface area contributed by atoms with E-state index in [0.29, 0.717) is 31.9 Å². The molecule has 2 rings (SSSR count). The largest absolute Gasteiger partial charge is 0.416 e. The van der Waals surface area contributed by atoms with Gasteiger partial charge in [-0.3, -0.25) is 4.79 Å². The van der Waals surface area contributed by atoms with Gasteiger partial charge in [-0.25, -0.2) is 0 Å². The molecule has 0 spiro atoms. The first-order chi connectivity index (χ1) is 11.4. The molecule has 1 heterocycles. The molecule has 2 N–H and O–H groups in total. The molecule has 0 bridgehead atoms. The first kappa shape index (κ1) is 18.5. The molecule has 5 nitrogen and oxygen atoms in total. The van der Waals surface area contributed by atoms with E-state index in [1.165, 1.54) is 6.07 Å². The monoisotopic (exact) mass is 346 g/mol. The van der Waals surface area contributed by atoms with Crippen LogP contribution in [0.4, 0.5) is 24.5 Å². The number of hydrogen-bond donors (Lipinski definition) is 2. The number of ether oxygens (including phenoxy) is 2. The molecular weight excluding hydrogens is 325 g/mol. The number of alkyl halides is 3. The maximum Gasteiger partial charge on any atom is 0.416 e. The number of carbonyl (C=O) groups is 1. The number of amides is 1. The zero-order valence-electron chi connectivity index (χ0n) is 13.4. The molecule has 1 aliphatic heterocycles. The molecule has 1 saturated heterocycles. The molecule has 0 radical (unpaired) electrons. The van der Waals surface area contributed by atoms with Gasteiger partial charge in [0.1, 0.15) is 6.61 Å². The number of carbonyl (C=O) groups excluding carboxylic acids is 1. The van der Waals surface area contributed by atoms with Gasteiger partial charge in [-0.15, -0.1) is 0 Å². The van der Waals surface area contributed by atoms with Crippen molar-refractivity contribution < 1.29 is 27.4 Å². The van der Waals surface area contributed by atoms with Gasteiger partial charge in [0, 0.05) is 13.2 Å². The van der Waals surface area contributed by atoms with E-state index in [9.17, 15) is 18.0 Å². The fourth-order valence-corrected chi connectivity index (χ4v) is 2.26. The van der Waals surface area contributed by atoms with Crippen molar-refractivity contribution in [3.8, 4) is 0 Å². The summed E-state index contributed by atoms with van der Waals surface area (Å²) in [6.45, 7) is 3.32. The van der Waals surface area contributed by atoms with Crippen LogP contribution in [0.15, 0.2) is 18.2 Å². The molecule has 0 saturated carbocycles. The summed E-state index contributed by atoms with van der Waals surface area (Å²) < 4.78 is 49.1. The molecule has 0 unspecified atom stereocenters. The maximum atomic E-state index is 12.9. The van der Waals surface area contributed by atoms with E-state index in [0.717, 1.165) is 18.6 Å². The van der Waals surface area contributed by atoms with Crippen LogP contribution >= 0.6 is 0 Å². The van der Waals surface area contributed by atoms with Gasteiger partial charge in [0.05, 0.1) is 29.6 Å². The Hall–Kier alpha value is -1.80. The minimum Gasteiger partial charge on any atom is -0.383 e. The standard InChI is InChI=1S/C16H21F3N2O3/c1-2-6-20-13-4-3-11(16(17,18)19)8-14(13)21-15(22)10-24-12-5-7-23-9-12/h3-4,8,12,20H,2,5-7,9-10H2,1H3,(H,21,22)/t12-/m0/s1. The van der Waals surface area contributed by atoms with E-state index in [1.54, 1.807) is 0 Å². The number of rotatable bonds is 7. The highest BCUT2D eigenvalue weighted by Crippen LogP contribution is 2.34. The number of benzene rings is 1. The van der Waals surface area contributed by atoms with Crippen molar-refractivity contribution in [1.29, 1.82) is 0 Å². The summed E-state index contributed by atoms with van der Waals surface area (Å²) in [7, 11) is 0. The lowest BCUT2D eigenvalue weighted by molar-refractivity contribution is -0.137. The normalized spacial score (nSPS) is 17.8. The molecule has 1 aromatic rings. The molecule has 0 aliphatic carbocycles. The molecule has 134 valence electrons. The zero-order valence-corrected chi connectivity index (χ0v) is 13.4. The Morgan fingerprint density at radius 1 is 1.38 bits per heavy atom. The van der Waals surface area contributed by atoms with Crippen molar-refractivity contribution in [3.05, 3.63) is 23.8 Å². The summed E-state index contributed by atoms with van der Waals surface area (Å²) in [5.74, 6) is -0.499. The van der Waals surface area contributed by atoms with Gasteiger partial charge in [0.2, 0.25) is 5.91 Å². The van der Waals surface area contributed by atoms with Gasteiger partial charge in [0.25, 0.3) is 0 Å². The second-order valence-corrected chi connectivity index (χ2v) is 5.53. The lowest BCUT2D eigenvalue weighted by Crippen LogP contribution is -2.24. The highest BCUT2D eigenvalue weighted by Gasteiger charge is 2.31. The Balaban J connectivity index is 2.04. The van der Waals surface area contributed by atoms with Gasteiger partial charge in [0.15, 0.2) is 0 Å². The predicted molar refractivity (Wildman–Crippen MR) is 84.0 cm³/mol. The molecule has 1 amide bonds. The van der Waals surface area contributed by atoms with Crippen LogP contribution in [-0.4, -0.2) is 38.4 Å². The average Bonchev–Trinajstić information content (AvgIpc) is 3.04. The van der Waals surface area contributed by atoms with Gasteiger partial charge in [-0.2, -0.15) is 13.2 Å². The first-order valence-corrected chi connectivity index (χ1v) is 7.84. The van der Waals surface area contributed by atoms with Crippen molar-refractivity contribution in [1.82, 2.24) is 0 Å². The minimum absolute atomic E-state index is 0.0922. The molecule has 1 fully saturated rings. The highest BCUT2D eigenvalue weighted by molar-refractivity contribution is 5.95. The van der Waals surface area contributed by atoms with Crippen LogP contribution in [-0.2, 0) is 20.4 Å². The Morgan fingerprint density at radius 3 is 2.79 bits per heavy atom. The van der Waals surface area contributed by atoms with Crippen molar-refractivity contribution in [2.75, 3.05) is 37.0 Å². The Bertz CT molecular complexity index is 558. The first-order valence-electron chi connectivity index (χ1n) is 7.84. The van der Waals surface area contributed by atoms with Crippen LogP contribution in [0.1, 0.15) is 25.3 Å². The van der Waals surface area contributed by atoms with Crippen molar-refractivity contribution in [2.24, 2.45) is 0 Å². The second kappa shape index (κ2) is 8.34. The Morgan fingerprint density at radius 2 is 2.17 bits per heavy atom. The number of anilines is 2. The zero-order chi connectivity index (χ0) is 17.6. The summed E-state index contributed by atoms with van der Waals surface area (Å²) in [6.07, 6.45) is -3.10. The second-order valence-electron chi connectivity index (χ2n) is 5.53. The van der Waals surface area contributed by atoms with Crippen molar-refractivity contribution >= 4 is 17.3 Å². The third-order valence-electron chi connectivity index (χ3n) is 3.52. The summed E-state index contributed by atoms with van der Waals surface area (Å²) >= 11 is 0. The van der Waals surface area contributed by atoms with E-state index >= 15 is 0 Å². The quantitative estimate of drug-likeness (QED) is 0.796. The summed E-state index contributed by atoms with van der Waals surface area (Å²) in [4.78, 5) is 12.0. The van der Waals surface area contributed by atoms with Crippen LogP contribution in [0.25, 0.3) is 0 Å². The summed E-state index contributed by atoms with van der Waals surface area (Å²) in [5.41, 5.74) is -0.276. The van der Waals surface area contributed by atoms with E-state index < -0.39 is 17.6 Å². The van der Waals surface area contributed by atoms with E-state index in [-0.39, 0.29) is 18.4 Å². The van der Waals surface area contributed by atoms with Crippen molar-refractivity contribution in [3.63, 3.8) is 0 Å². The van der Waals surface area contributed by atoms with Gasteiger partial charge < -0.3 is 20.1 Å². The number of halogens is 3. The number of hydrogen-bond acceptors (Lipinski definition) is 4. The van der Waals surface area contributed by atoms with Crippen LogP contribution in [0.3, 0.4) is 0 Å². The Kier molecular flexibility index (Phi) is 6.44. The van der Waals surface area contributed by atoms with E-state index in [2.05, 4.69) is 10.6 Å². The summed E-state index contributed by atoms with van der Waals surface area (Å²) in [6, 6.07) is 3.23. The molecule has 1 atom stereocenters. The number of nitrogens with one attached hydrogen (secondary N) is 2. The van der Waals surface area contributed by atoms with Crippen LogP contribution in [0.5, 0.6) is 0 Å². The van der Waals surface area contributed by atoms with Gasteiger partial charge in [-0.1, -0.05) is 6.92 Å². The lowest BCUT2D eigenvalue weighted by Gasteiger charge is -2.16. The van der Waals surface area contributed by atoms with Gasteiger partial charge in [-0.05, 0) is 31.0 Å². The third-order valence-corrected chi connectivity index (χ3v) is 3.52. The van der Waals surface area contributed by atoms with Crippen LogP contribution < -0.4 is 10.6 Å².